The molecule has 6 heteroatoms. The summed E-state index contributed by atoms with van der Waals surface area (Å²) >= 11 is 1.13. The second kappa shape index (κ2) is 7.40. The van der Waals surface area contributed by atoms with Crippen LogP contribution in [0.25, 0.3) is 0 Å². The predicted molar refractivity (Wildman–Crippen MR) is 89.4 cm³/mol. The van der Waals surface area contributed by atoms with Crippen LogP contribution in [-0.4, -0.2) is 30.7 Å². The summed E-state index contributed by atoms with van der Waals surface area (Å²) in [6, 6.07) is 15.1. The lowest BCUT2D eigenvalue weighted by Crippen LogP contribution is -2.30. The monoisotopic (exact) mass is 344 g/mol. The van der Waals surface area contributed by atoms with Crippen LogP contribution in [0, 0.1) is 0 Å². The molecule has 1 heterocycles. The Bertz CT molecular complexity index is 744. The largest absolute Gasteiger partial charge is 0.489 e. The van der Waals surface area contributed by atoms with Gasteiger partial charge in [0, 0.05) is 0 Å². The maximum atomic E-state index is 12.0. The van der Waals surface area contributed by atoms with Crippen molar-refractivity contribution in [3.8, 4) is 11.5 Å². The summed E-state index contributed by atoms with van der Waals surface area (Å²) in [4.78, 5) is 24.5. The van der Waals surface area contributed by atoms with Crippen LogP contribution in [0.15, 0.2) is 53.4 Å². The van der Waals surface area contributed by atoms with E-state index in [0.717, 1.165) is 17.3 Å². The Morgan fingerprint density at radius 1 is 1.25 bits per heavy atom. The van der Waals surface area contributed by atoms with Crippen LogP contribution in [0.3, 0.4) is 0 Å². The lowest BCUT2D eigenvalue weighted by atomic mass is 10.2. The van der Waals surface area contributed by atoms with E-state index in [-0.39, 0.29) is 12.4 Å². The van der Waals surface area contributed by atoms with Gasteiger partial charge in [-0.1, -0.05) is 42.1 Å². The average molecular weight is 344 g/mol. The number of ketones is 1. The van der Waals surface area contributed by atoms with E-state index in [0.29, 0.717) is 23.0 Å². The molecule has 0 bridgehead atoms. The van der Waals surface area contributed by atoms with Gasteiger partial charge in [0.05, 0.1) is 12.0 Å². The van der Waals surface area contributed by atoms with Crippen LogP contribution in [0.4, 0.5) is 0 Å². The molecule has 0 amide bonds. The van der Waals surface area contributed by atoms with Gasteiger partial charge in [0.2, 0.25) is 0 Å². The molecule has 24 heavy (non-hydrogen) atoms. The number of hydrogen-bond acceptors (Lipinski definition) is 6. The molecule has 5 nitrogen and oxygen atoms in total. The molecule has 1 unspecified atom stereocenters. The van der Waals surface area contributed by atoms with Gasteiger partial charge in [0.25, 0.3) is 0 Å². The summed E-state index contributed by atoms with van der Waals surface area (Å²) in [5.74, 6) is 0.324. The van der Waals surface area contributed by atoms with Gasteiger partial charge in [-0.05, 0) is 23.8 Å². The molecule has 2 aromatic carbocycles. The Labute approximate surface area is 143 Å². The number of Topliss-reactive ketones (excluding diaryl/α,β-unsaturated/α-hetero) is 1. The fourth-order valence-electron chi connectivity index (χ4n) is 2.23. The van der Waals surface area contributed by atoms with Gasteiger partial charge in [-0.15, -0.1) is 0 Å². The van der Waals surface area contributed by atoms with E-state index in [9.17, 15) is 9.59 Å². The lowest BCUT2D eigenvalue weighted by molar-refractivity contribution is -0.142. The van der Waals surface area contributed by atoms with Crippen molar-refractivity contribution < 1.29 is 23.8 Å². The summed E-state index contributed by atoms with van der Waals surface area (Å²) in [6.07, 6.45) is 0. The molecule has 124 valence electrons. The highest BCUT2D eigenvalue weighted by Crippen LogP contribution is 2.38. The zero-order chi connectivity index (χ0) is 16.9. The van der Waals surface area contributed by atoms with E-state index in [1.807, 2.05) is 30.3 Å². The summed E-state index contributed by atoms with van der Waals surface area (Å²) in [5.41, 5.74) is 1.05. The van der Waals surface area contributed by atoms with Gasteiger partial charge in [0.1, 0.15) is 24.7 Å². The van der Waals surface area contributed by atoms with Crippen molar-refractivity contribution in [2.45, 2.75) is 16.8 Å². The second-order valence-corrected chi connectivity index (χ2v) is 6.31. The minimum Gasteiger partial charge on any atom is -0.489 e. The first kappa shape index (κ1) is 16.4. The van der Waals surface area contributed by atoms with E-state index >= 15 is 0 Å². The quantitative estimate of drug-likeness (QED) is 0.628. The molecule has 1 aliphatic rings. The van der Waals surface area contributed by atoms with Crippen LogP contribution >= 0.6 is 11.8 Å². The molecule has 1 atom stereocenters. The smallest absolute Gasteiger partial charge is 0.326 e. The minimum atomic E-state index is -0.916. The molecule has 0 saturated heterocycles. The van der Waals surface area contributed by atoms with E-state index in [2.05, 4.69) is 0 Å². The highest BCUT2D eigenvalue weighted by atomic mass is 32.2. The Morgan fingerprint density at radius 3 is 2.79 bits per heavy atom. The van der Waals surface area contributed by atoms with Gasteiger partial charge in [0.15, 0.2) is 11.0 Å². The van der Waals surface area contributed by atoms with Gasteiger partial charge >= 0.3 is 5.97 Å². The first-order chi connectivity index (χ1) is 11.7. The number of thioether (sulfide) groups is 1. The highest BCUT2D eigenvalue weighted by Gasteiger charge is 2.32. The maximum absolute atomic E-state index is 12.0. The number of ether oxygens (including phenoxy) is 3. The number of fused-ring (bicyclic) bond motifs is 1. The van der Waals surface area contributed by atoms with Crippen molar-refractivity contribution in [3.63, 3.8) is 0 Å². The predicted octanol–water partition coefficient (Wildman–Crippen LogP) is 2.86. The van der Waals surface area contributed by atoms with Crippen molar-refractivity contribution in [2.75, 3.05) is 13.7 Å². The lowest BCUT2D eigenvalue weighted by Gasteiger charge is -2.11. The maximum Gasteiger partial charge on any atom is 0.326 e. The van der Waals surface area contributed by atoms with E-state index in [1.54, 1.807) is 18.2 Å². The van der Waals surface area contributed by atoms with Gasteiger partial charge in [-0.25, -0.2) is 0 Å². The molecule has 0 radical (unpaired) electrons. The van der Waals surface area contributed by atoms with Crippen molar-refractivity contribution >= 4 is 23.5 Å². The van der Waals surface area contributed by atoms with Crippen LogP contribution in [-0.2, 0) is 20.9 Å². The van der Waals surface area contributed by atoms with E-state index < -0.39 is 11.2 Å². The SMILES string of the molecule is COC(=O)C1Sc2cc(OCc3ccccc3)ccc2OCC1=O. The Morgan fingerprint density at radius 2 is 2.04 bits per heavy atom. The van der Waals surface area contributed by atoms with E-state index in [4.69, 9.17) is 14.2 Å². The average Bonchev–Trinajstić information content (AvgIpc) is 2.79. The summed E-state index contributed by atoms with van der Waals surface area (Å²) < 4.78 is 15.9. The van der Waals surface area contributed by atoms with Crippen LogP contribution in [0.1, 0.15) is 5.56 Å². The molecule has 1 aliphatic heterocycles. The molecular formula is C18H16O5S. The molecular weight excluding hydrogens is 328 g/mol. The third-order valence-electron chi connectivity index (χ3n) is 3.49. The Balaban J connectivity index is 1.77. The number of esters is 1. The molecule has 0 spiro atoms. The summed E-state index contributed by atoms with van der Waals surface area (Å²) in [6.45, 7) is 0.286. The fraction of sp³-hybridized carbons (Fsp3) is 0.222. The molecule has 0 aromatic heterocycles. The number of carbonyl (C=O) groups excluding carboxylic acids is 2. The van der Waals surface area contributed by atoms with Gasteiger partial charge in [-0.2, -0.15) is 0 Å². The summed E-state index contributed by atoms with van der Waals surface area (Å²) in [5, 5.41) is -0.916. The minimum absolute atomic E-state index is 0.149. The Hall–Kier alpha value is -2.47. The number of methoxy groups -OCH3 is 1. The van der Waals surface area contributed by atoms with Crippen molar-refractivity contribution in [1.29, 1.82) is 0 Å². The highest BCUT2D eigenvalue weighted by molar-refractivity contribution is 8.01. The first-order valence-corrected chi connectivity index (χ1v) is 8.26. The van der Waals surface area contributed by atoms with Gasteiger partial charge in [-0.3, -0.25) is 9.59 Å². The normalized spacial score (nSPS) is 16.5. The molecule has 0 aliphatic carbocycles. The Kier molecular flexibility index (Phi) is 5.05. The fourth-order valence-corrected chi connectivity index (χ4v) is 3.31. The molecule has 3 rings (SSSR count). The second-order valence-electron chi connectivity index (χ2n) is 5.16. The number of rotatable bonds is 4. The molecule has 0 fully saturated rings. The number of hydrogen-bond donors (Lipinski definition) is 0. The molecule has 2 aromatic rings. The summed E-state index contributed by atoms with van der Waals surface area (Å²) in [7, 11) is 1.27. The third kappa shape index (κ3) is 3.71. The van der Waals surface area contributed by atoms with Gasteiger partial charge < -0.3 is 14.2 Å². The zero-order valence-corrected chi connectivity index (χ0v) is 13.9. The molecule has 0 saturated carbocycles. The standard InChI is InChI=1S/C18H16O5S/c1-21-18(20)17-14(19)11-23-15-8-7-13(9-16(15)24-17)22-10-12-5-3-2-4-6-12/h2-9,17H,10-11H2,1H3. The van der Waals surface area contributed by atoms with Crippen molar-refractivity contribution in [1.82, 2.24) is 0 Å². The zero-order valence-electron chi connectivity index (χ0n) is 13.1. The third-order valence-corrected chi connectivity index (χ3v) is 4.75. The number of benzene rings is 2. The van der Waals surface area contributed by atoms with E-state index in [1.165, 1.54) is 7.11 Å². The molecule has 0 N–H and O–H groups in total. The van der Waals surface area contributed by atoms with Crippen LogP contribution in [0.2, 0.25) is 0 Å². The van der Waals surface area contributed by atoms with Crippen LogP contribution in [0.5, 0.6) is 11.5 Å². The van der Waals surface area contributed by atoms with Crippen LogP contribution < -0.4 is 9.47 Å². The first-order valence-electron chi connectivity index (χ1n) is 7.38. The van der Waals surface area contributed by atoms with Crippen molar-refractivity contribution in [2.24, 2.45) is 0 Å². The topological polar surface area (TPSA) is 61.8 Å². The number of carbonyl (C=O) groups is 2. The van der Waals surface area contributed by atoms with Crippen molar-refractivity contribution in [3.05, 3.63) is 54.1 Å².